The van der Waals surface area contributed by atoms with Gasteiger partial charge in [0, 0.05) is 17.3 Å². The fraction of sp³-hybridized carbons (Fsp3) is 0.154. The Morgan fingerprint density at radius 3 is 2.65 bits per heavy atom. The molecule has 104 valence electrons. The van der Waals surface area contributed by atoms with Crippen molar-refractivity contribution in [3.8, 4) is 0 Å². The highest BCUT2D eigenvalue weighted by molar-refractivity contribution is 7.09. The lowest BCUT2D eigenvalue weighted by Crippen LogP contribution is -2.42. The van der Waals surface area contributed by atoms with E-state index in [1.54, 1.807) is 36.5 Å². The topological polar surface area (TPSA) is 82.5 Å². The van der Waals surface area contributed by atoms with Gasteiger partial charge in [0.05, 0.1) is 6.54 Å². The lowest BCUT2D eigenvalue weighted by atomic mass is 10.3. The molecule has 6 nitrogen and oxygen atoms in total. The van der Waals surface area contributed by atoms with E-state index in [1.807, 2.05) is 5.38 Å². The Kier molecular flexibility index (Phi) is 4.67. The minimum atomic E-state index is -1.07. The van der Waals surface area contributed by atoms with Gasteiger partial charge >= 0.3 is 12.0 Å². The number of carbonyl (C=O) groups is 2. The zero-order valence-electron chi connectivity index (χ0n) is 10.5. The van der Waals surface area contributed by atoms with Crippen LogP contribution in [-0.4, -0.2) is 28.6 Å². The van der Waals surface area contributed by atoms with Gasteiger partial charge in [0.15, 0.2) is 0 Å². The number of aliphatic carboxylic acids is 1. The largest absolute Gasteiger partial charge is 0.480 e. The van der Waals surface area contributed by atoms with Crippen molar-refractivity contribution in [1.82, 2.24) is 10.3 Å². The van der Waals surface area contributed by atoms with Crippen LogP contribution in [0.25, 0.3) is 0 Å². The Hall–Kier alpha value is -2.41. The van der Waals surface area contributed by atoms with Gasteiger partial charge in [-0.3, -0.25) is 9.69 Å². The van der Waals surface area contributed by atoms with E-state index in [1.165, 1.54) is 16.2 Å². The number of carboxylic acids is 1. The maximum absolute atomic E-state index is 12.1. The van der Waals surface area contributed by atoms with Crippen LogP contribution in [0.2, 0.25) is 0 Å². The van der Waals surface area contributed by atoms with Gasteiger partial charge in [0.25, 0.3) is 0 Å². The van der Waals surface area contributed by atoms with Crippen molar-refractivity contribution in [3.05, 3.63) is 46.9 Å². The summed E-state index contributed by atoms with van der Waals surface area (Å²) < 4.78 is 0. The van der Waals surface area contributed by atoms with Crippen molar-refractivity contribution in [2.24, 2.45) is 0 Å². The molecule has 0 unspecified atom stereocenters. The minimum Gasteiger partial charge on any atom is -0.480 e. The van der Waals surface area contributed by atoms with Crippen molar-refractivity contribution in [2.75, 3.05) is 11.4 Å². The van der Waals surface area contributed by atoms with Crippen LogP contribution in [-0.2, 0) is 11.3 Å². The molecule has 0 aliphatic carbocycles. The Bertz CT molecular complexity index is 572. The van der Waals surface area contributed by atoms with Gasteiger partial charge in [0.2, 0.25) is 0 Å². The van der Waals surface area contributed by atoms with Crippen LogP contribution in [0.4, 0.5) is 10.5 Å². The SMILES string of the molecule is O=C(O)CN(C(=O)NCc1nccs1)c1ccccc1. The molecule has 0 aliphatic heterocycles. The zero-order chi connectivity index (χ0) is 14.4. The molecular weight excluding hydrogens is 278 g/mol. The van der Waals surface area contributed by atoms with Gasteiger partial charge in [-0.05, 0) is 12.1 Å². The summed E-state index contributed by atoms with van der Waals surface area (Å²) in [6.45, 7) is -0.118. The molecule has 20 heavy (non-hydrogen) atoms. The first kappa shape index (κ1) is 14.0. The standard InChI is InChI=1S/C13H13N3O3S/c17-12(18)9-16(10-4-2-1-3-5-10)13(19)15-8-11-14-6-7-20-11/h1-7H,8-9H2,(H,15,19)(H,17,18). The summed E-state index contributed by atoms with van der Waals surface area (Å²) in [6.07, 6.45) is 1.65. The van der Waals surface area contributed by atoms with Crippen molar-refractivity contribution in [2.45, 2.75) is 6.54 Å². The number of thiazole rings is 1. The van der Waals surface area contributed by atoms with Crippen molar-refractivity contribution in [3.63, 3.8) is 0 Å². The van der Waals surface area contributed by atoms with Crippen molar-refractivity contribution in [1.29, 1.82) is 0 Å². The van der Waals surface area contributed by atoms with E-state index in [0.29, 0.717) is 5.69 Å². The molecule has 1 aromatic carbocycles. The number of para-hydroxylation sites is 1. The average molecular weight is 291 g/mol. The summed E-state index contributed by atoms with van der Waals surface area (Å²) in [4.78, 5) is 28.2. The van der Waals surface area contributed by atoms with Gasteiger partial charge in [0.1, 0.15) is 11.6 Å². The molecule has 0 spiro atoms. The number of nitrogens with zero attached hydrogens (tertiary/aromatic N) is 2. The fourth-order valence-electron chi connectivity index (χ4n) is 1.61. The molecule has 0 fully saturated rings. The van der Waals surface area contributed by atoms with Gasteiger partial charge in [-0.25, -0.2) is 9.78 Å². The maximum Gasteiger partial charge on any atom is 0.323 e. The number of amides is 2. The first-order valence-corrected chi connectivity index (χ1v) is 6.75. The Morgan fingerprint density at radius 1 is 1.30 bits per heavy atom. The average Bonchev–Trinajstić information content (AvgIpc) is 2.96. The molecule has 2 N–H and O–H groups in total. The molecular formula is C13H13N3O3S. The van der Waals surface area contributed by atoms with Crippen LogP contribution in [0.1, 0.15) is 5.01 Å². The molecule has 1 aromatic heterocycles. The minimum absolute atomic E-state index is 0.277. The van der Waals surface area contributed by atoms with E-state index >= 15 is 0 Å². The summed E-state index contributed by atoms with van der Waals surface area (Å²) in [5.41, 5.74) is 0.534. The molecule has 1 heterocycles. The molecule has 0 saturated heterocycles. The second-order valence-corrected chi connectivity index (χ2v) is 4.88. The predicted octanol–water partition coefficient (Wildman–Crippen LogP) is 1.94. The number of hydrogen-bond acceptors (Lipinski definition) is 4. The number of urea groups is 1. The highest BCUT2D eigenvalue weighted by atomic mass is 32.1. The number of carboxylic acid groups (broad SMARTS) is 1. The molecule has 0 atom stereocenters. The Balaban J connectivity index is 2.06. The highest BCUT2D eigenvalue weighted by Crippen LogP contribution is 2.13. The third-order valence-electron chi connectivity index (χ3n) is 2.48. The van der Waals surface area contributed by atoms with Crippen LogP contribution < -0.4 is 10.2 Å². The normalized spacial score (nSPS) is 10.0. The molecule has 0 bridgehead atoms. The van der Waals surface area contributed by atoms with E-state index in [2.05, 4.69) is 10.3 Å². The van der Waals surface area contributed by atoms with Crippen LogP contribution >= 0.6 is 11.3 Å². The molecule has 2 rings (SSSR count). The first-order valence-electron chi connectivity index (χ1n) is 5.87. The predicted molar refractivity (Wildman–Crippen MR) is 75.8 cm³/mol. The van der Waals surface area contributed by atoms with Crippen LogP contribution in [0, 0.1) is 0 Å². The number of anilines is 1. The molecule has 0 saturated carbocycles. The highest BCUT2D eigenvalue weighted by Gasteiger charge is 2.18. The number of nitrogens with one attached hydrogen (secondary N) is 1. The molecule has 2 amide bonds. The molecule has 7 heteroatoms. The monoisotopic (exact) mass is 291 g/mol. The zero-order valence-corrected chi connectivity index (χ0v) is 11.3. The number of aromatic nitrogens is 1. The quantitative estimate of drug-likeness (QED) is 0.882. The van der Waals surface area contributed by atoms with Gasteiger partial charge < -0.3 is 10.4 Å². The van der Waals surface area contributed by atoms with Crippen LogP contribution in [0.15, 0.2) is 41.9 Å². The Labute approximate surface area is 119 Å². The maximum atomic E-state index is 12.1. The summed E-state index contributed by atoms with van der Waals surface area (Å²) in [5, 5.41) is 14.2. The van der Waals surface area contributed by atoms with E-state index in [0.717, 1.165) is 5.01 Å². The number of rotatable bonds is 5. The van der Waals surface area contributed by atoms with Gasteiger partial charge in [-0.15, -0.1) is 11.3 Å². The molecule has 2 aromatic rings. The molecule has 0 aliphatic rings. The second kappa shape index (κ2) is 6.67. The smallest absolute Gasteiger partial charge is 0.323 e. The van der Waals surface area contributed by atoms with Crippen molar-refractivity contribution < 1.29 is 14.7 Å². The van der Waals surface area contributed by atoms with Gasteiger partial charge in [-0.1, -0.05) is 18.2 Å². The third-order valence-corrected chi connectivity index (χ3v) is 3.26. The first-order chi connectivity index (χ1) is 9.66. The lowest BCUT2D eigenvalue weighted by Gasteiger charge is -2.21. The van der Waals surface area contributed by atoms with Gasteiger partial charge in [-0.2, -0.15) is 0 Å². The second-order valence-electron chi connectivity index (χ2n) is 3.90. The summed E-state index contributed by atoms with van der Waals surface area (Å²) in [7, 11) is 0. The fourth-order valence-corrected chi connectivity index (χ4v) is 2.17. The number of carbonyl (C=O) groups excluding carboxylic acids is 1. The molecule has 0 radical (unpaired) electrons. The number of benzene rings is 1. The van der Waals surface area contributed by atoms with Crippen LogP contribution in [0.3, 0.4) is 0 Å². The summed E-state index contributed by atoms with van der Waals surface area (Å²) in [6, 6.07) is 8.21. The number of hydrogen-bond donors (Lipinski definition) is 2. The third kappa shape index (κ3) is 3.79. The van der Waals surface area contributed by atoms with E-state index in [-0.39, 0.29) is 6.54 Å². The van der Waals surface area contributed by atoms with E-state index in [9.17, 15) is 9.59 Å². The lowest BCUT2D eigenvalue weighted by molar-refractivity contribution is -0.135. The van der Waals surface area contributed by atoms with Crippen LogP contribution in [0.5, 0.6) is 0 Å². The van der Waals surface area contributed by atoms with E-state index < -0.39 is 18.5 Å². The summed E-state index contributed by atoms with van der Waals surface area (Å²) >= 11 is 1.43. The van der Waals surface area contributed by atoms with Crippen molar-refractivity contribution >= 4 is 29.0 Å². The Morgan fingerprint density at radius 2 is 2.05 bits per heavy atom. The summed E-state index contributed by atoms with van der Waals surface area (Å²) in [5.74, 6) is -1.07. The van der Waals surface area contributed by atoms with E-state index in [4.69, 9.17) is 5.11 Å².